The van der Waals surface area contributed by atoms with Crippen LogP contribution in [0.2, 0.25) is 0 Å². The molecule has 0 spiro atoms. The third-order valence-electron chi connectivity index (χ3n) is 4.67. The molecule has 3 nitrogen and oxygen atoms in total. The van der Waals surface area contributed by atoms with E-state index in [0.717, 1.165) is 40.1 Å². The summed E-state index contributed by atoms with van der Waals surface area (Å²) in [5.41, 5.74) is 2.21. The van der Waals surface area contributed by atoms with Crippen molar-refractivity contribution in [2.45, 2.75) is 38.2 Å². The fourth-order valence-electron chi connectivity index (χ4n) is 3.42. The van der Waals surface area contributed by atoms with Crippen LogP contribution in [0.3, 0.4) is 0 Å². The van der Waals surface area contributed by atoms with E-state index in [2.05, 4.69) is 33.6 Å². The minimum Gasteiger partial charge on any atom is -0.490 e. The Hall–Kier alpha value is -1.39. The van der Waals surface area contributed by atoms with Gasteiger partial charge < -0.3 is 9.64 Å². The van der Waals surface area contributed by atoms with Crippen LogP contribution in [0.4, 0.5) is 0 Å². The van der Waals surface area contributed by atoms with Gasteiger partial charge in [0.15, 0.2) is 0 Å². The van der Waals surface area contributed by atoms with Gasteiger partial charge in [-0.1, -0.05) is 30.2 Å². The van der Waals surface area contributed by atoms with Crippen LogP contribution in [0.15, 0.2) is 46.0 Å². The summed E-state index contributed by atoms with van der Waals surface area (Å²) in [6.07, 6.45) is 10.6. The first-order valence-electron chi connectivity index (χ1n) is 8.63. The van der Waals surface area contributed by atoms with Crippen LogP contribution in [-0.4, -0.2) is 29.1 Å². The van der Waals surface area contributed by atoms with Crippen LogP contribution in [0.5, 0.6) is 5.75 Å². The molecule has 1 saturated carbocycles. The predicted octanol–water partition coefficient (Wildman–Crippen LogP) is 5.24. The van der Waals surface area contributed by atoms with Crippen LogP contribution in [0, 0.1) is 0 Å². The fraction of sp³-hybridized carbons (Fsp3) is 0.421. The van der Waals surface area contributed by atoms with E-state index in [1.54, 1.807) is 11.9 Å². The van der Waals surface area contributed by atoms with Gasteiger partial charge in [0.2, 0.25) is 0 Å². The lowest BCUT2D eigenvalue weighted by Gasteiger charge is -2.30. The van der Waals surface area contributed by atoms with E-state index in [-0.39, 0.29) is 0 Å². The van der Waals surface area contributed by atoms with Crippen molar-refractivity contribution in [2.24, 2.45) is 4.40 Å². The minimum atomic E-state index is 0.380. The third-order valence-corrected chi connectivity index (χ3v) is 5.54. The van der Waals surface area contributed by atoms with Crippen LogP contribution < -0.4 is 4.74 Å². The van der Waals surface area contributed by atoms with E-state index >= 15 is 0 Å². The molecule has 126 valence electrons. The molecule has 4 rings (SSSR count). The van der Waals surface area contributed by atoms with Crippen molar-refractivity contribution >= 4 is 35.0 Å². The molecule has 24 heavy (non-hydrogen) atoms. The Bertz CT molecular complexity index is 690. The highest BCUT2D eigenvalue weighted by Crippen LogP contribution is 2.32. The molecule has 0 N–H and O–H groups in total. The highest BCUT2D eigenvalue weighted by atomic mass is 35.5. The van der Waals surface area contributed by atoms with Gasteiger partial charge in [-0.3, -0.25) is 0 Å². The lowest BCUT2D eigenvalue weighted by atomic mass is 9.97. The minimum absolute atomic E-state index is 0.380. The highest BCUT2D eigenvalue weighted by Gasteiger charge is 2.23. The van der Waals surface area contributed by atoms with Gasteiger partial charge in [0.1, 0.15) is 11.6 Å². The molecule has 5 heteroatoms. The molecular weight excluding hydrogens is 340 g/mol. The average molecular weight is 361 g/mol. The zero-order valence-corrected chi connectivity index (χ0v) is 15.2. The first-order valence-corrected chi connectivity index (χ1v) is 9.95. The number of hydrogen-bond acceptors (Lipinski definition) is 4. The Morgan fingerprint density at radius 3 is 2.71 bits per heavy atom. The molecule has 0 aromatic heterocycles. The quantitative estimate of drug-likeness (QED) is 0.689. The Morgan fingerprint density at radius 1 is 1.12 bits per heavy atom. The second-order valence-electron chi connectivity index (χ2n) is 6.42. The van der Waals surface area contributed by atoms with Gasteiger partial charge >= 0.3 is 0 Å². The maximum absolute atomic E-state index is 6.30. The van der Waals surface area contributed by atoms with E-state index in [1.807, 2.05) is 12.3 Å². The lowest BCUT2D eigenvalue weighted by molar-refractivity contribution is 0.155. The van der Waals surface area contributed by atoms with E-state index < -0.39 is 0 Å². The summed E-state index contributed by atoms with van der Waals surface area (Å²) in [4.78, 5) is 2.14. The molecule has 2 aliphatic heterocycles. The van der Waals surface area contributed by atoms with Crippen molar-refractivity contribution in [1.29, 1.82) is 0 Å². The maximum Gasteiger partial charge on any atom is 0.148 e. The topological polar surface area (TPSA) is 24.8 Å². The second-order valence-corrected chi connectivity index (χ2v) is 7.70. The highest BCUT2D eigenvalue weighted by molar-refractivity contribution is 7.98. The number of allylic oxidation sites excluding steroid dienone is 2. The Balaban J connectivity index is 1.53. The second kappa shape index (κ2) is 7.24. The van der Waals surface area contributed by atoms with Crippen molar-refractivity contribution in [3.8, 4) is 5.75 Å². The van der Waals surface area contributed by atoms with Gasteiger partial charge in [-0.25, -0.2) is 0 Å². The van der Waals surface area contributed by atoms with Crippen LogP contribution in [-0.2, 0) is 0 Å². The molecular formula is C19H21ClN2OS. The zero-order valence-electron chi connectivity index (χ0n) is 13.6. The Kier molecular flexibility index (Phi) is 4.86. The molecule has 0 atom stereocenters. The molecule has 1 aromatic carbocycles. The molecule has 2 heterocycles. The molecule has 0 bridgehead atoms. The zero-order chi connectivity index (χ0) is 16.4. The SMILES string of the molecule is ClC1=CN2CCSN=C2C(c2ccc(OC3CCCCC3)cc2)=C1. The van der Waals surface area contributed by atoms with Crippen molar-refractivity contribution < 1.29 is 4.74 Å². The molecule has 0 amide bonds. The van der Waals surface area contributed by atoms with Gasteiger partial charge in [-0.05, 0) is 61.4 Å². The number of fused-ring (bicyclic) bond motifs is 1. The fourth-order valence-corrected chi connectivity index (χ4v) is 4.35. The summed E-state index contributed by atoms with van der Waals surface area (Å²) < 4.78 is 10.7. The number of halogens is 1. The average Bonchev–Trinajstić information content (AvgIpc) is 2.62. The summed E-state index contributed by atoms with van der Waals surface area (Å²) >= 11 is 7.91. The molecule has 1 fully saturated rings. The smallest absolute Gasteiger partial charge is 0.148 e. The van der Waals surface area contributed by atoms with Crippen LogP contribution >= 0.6 is 23.5 Å². The van der Waals surface area contributed by atoms with Crippen molar-refractivity contribution in [2.75, 3.05) is 12.3 Å². The summed E-state index contributed by atoms with van der Waals surface area (Å²) in [7, 11) is 0. The summed E-state index contributed by atoms with van der Waals surface area (Å²) in [6.45, 7) is 0.944. The van der Waals surface area contributed by atoms with Gasteiger partial charge in [-0.2, -0.15) is 4.40 Å². The molecule has 1 aliphatic carbocycles. The van der Waals surface area contributed by atoms with Crippen molar-refractivity contribution in [3.63, 3.8) is 0 Å². The van der Waals surface area contributed by atoms with Gasteiger partial charge in [0.25, 0.3) is 0 Å². The summed E-state index contributed by atoms with van der Waals surface area (Å²) in [5.74, 6) is 2.95. The summed E-state index contributed by atoms with van der Waals surface area (Å²) in [6, 6.07) is 8.36. The number of ether oxygens (including phenoxy) is 1. The number of amidine groups is 1. The van der Waals surface area contributed by atoms with Gasteiger partial charge in [0.05, 0.1) is 11.1 Å². The van der Waals surface area contributed by atoms with E-state index in [4.69, 9.17) is 16.3 Å². The standard InChI is InChI=1S/C19H21ClN2OS/c20-15-12-18(19-21-24-11-10-22(19)13-15)14-6-8-17(9-7-14)23-16-4-2-1-3-5-16/h6-9,12-13,16H,1-5,10-11H2. The van der Waals surface area contributed by atoms with Crippen LogP contribution in [0.25, 0.3) is 5.57 Å². The van der Waals surface area contributed by atoms with Gasteiger partial charge in [0, 0.05) is 24.1 Å². The lowest BCUT2D eigenvalue weighted by Crippen LogP contribution is -2.33. The maximum atomic E-state index is 6.30. The Morgan fingerprint density at radius 2 is 1.92 bits per heavy atom. The largest absolute Gasteiger partial charge is 0.490 e. The number of benzene rings is 1. The molecule has 3 aliphatic rings. The molecule has 1 aromatic rings. The number of nitrogens with zero attached hydrogens (tertiary/aromatic N) is 2. The van der Waals surface area contributed by atoms with Crippen molar-refractivity contribution in [3.05, 3.63) is 47.1 Å². The van der Waals surface area contributed by atoms with E-state index in [0.29, 0.717) is 6.10 Å². The first-order chi connectivity index (χ1) is 11.8. The van der Waals surface area contributed by atoms with E-state index in [1.165, 1.54) is 32.1 Å². The Labute approximate surface area is 152 Å². The van der Waals surface area contributed by atoms with E-state index in [9.17, 15) is 0 Å². The predicted molar refractivity (Wildman–Crippen MR) is 102 cm³/mol. The molecule has 0 saturated heterocycles. The third kappa shape index (κ3) is 3.50. The first kappa shape index (κ1) is 16.1. The van der Waals surface area contributed by atoms with Gasteiger partial charge in [-0.15, -0.1) is 0 Å². The summed E-state index contributed by atoms with van der Waals surface area (Å²) in [5, 5.41) is 0.749. The van der Waals surface area contributed by atoms with Crippen LogP contribution in [0.1, 0.15) is 37.7 Å². The van der Waals surface area contributed by atoms with Crippen molar-refractivity contribution in [1.82, 2.24) is 4.90 Å². The number of rotatable bonds is 3. The number of hydrogen-bond donors (Lipinski definition) is 0. The molecule has 0 radical (unpaired) electrons. The monoisotopic (exact) mass is 360 g/mol. The molecule has 0 unspecified atom stereocenters. The normalized spacial score (nSPS) is 21.5.